The lowest BCUT2D eigenvalue weighted by atomic mass is 9.72. The van der Waals surface area contributed by atoms with Crippen molar-refractivity contribution in [3.63, 3.8) is 0 Å². The van der Waals surface area contributed by atoms with E-state index in [1.54, 1.807) is 43.1 Å². The number of hydrogen-bond donors (Lipinski definition) is 0. The van der Waals surface area contributed by atoms with Crippen molar-refractivity contribution in [1.82, 2.24) is 0 Å². The van der Waals surface area contributed by atoms with Crippen LogP contribution in [-0.2, 0) is 14.3 Å². The van der Waals surface area contributed by atoms with Crippen molar-refractivity contribution in [3.05, 3.63) is 65.7 Å². The largest absolute Gasteiger partial charge is 0.465 e. The lowest BCUT2D eigenvalue weighted by molar-refractivity contribution is -0.193. The molecular weight excluding hydrogens is 449 g/mol. The van der Waals surface area contributed by atoms with Gasteiger partial charge in [-0.3, -0.25) is 9.80 Å². The summed E-state index contributed by atoms with van der Waals surface area (Å²) in [7, 11) is 1.30. The zero-order valence-electron chi connectivity index (χ0n) is 19.1. The molecule has 1 fully saturated rings. The summed E-state index contributed by atoms with van der Waals surface area (Å²) in [6, 6.07) is 15.5. The molecule has 0 aromatic heterocycles. The topological polar surface area (TPSA) is 68.2 Å². The summed E-state index contributed by atoms with van der Waals surface area (Å²) < 4.78 is 47.7. The number of nitrogens with zero attached hydrogens (tertiary/aromatic N) is 2. The number of benzene rings is 2. The minimum atomic E-state index is -4.61. The molecule has 34 heavy (non-hydrogen) atoms. The Hall–Kier alpha value is -3.36. The molecule has 1 unspecified atom stereocenters. The molecule has 2 aliphatic rings. The summed E-state index contributed by atoms with van der Waals surface area (Å²) in [4.78, 5) is 24.8. The maximum atomic E-state index is 12.9. The van der Waals surface area contributed by atoms with Gasteiger partial charge in [0.25, 0.3) is 0 Å². The van der Waals surface area contributed by atoms with Crippen LogP contribution in [0.25, 0.3) is 0 Å². The van der Waals surface area contributed by atoms with Crippen molar-refractivity contribution >= 4 is 23.3 Å². The van der Waals surface area contributed by atoms with Crippen molar-refractivity contribution in [1.29, 1.82) is 0 Å². The number of carbonyl (C=O) groups is 2. The van der Waals surface area contributed by atoms with E-state index in [-0.39, 0.29) is 0 Å². The molecule has 1 spiro atoms. The molecule has 6 nitrogen and oxygen atoms in total. The lowest BCUT2D eigenvalue weighted by Crippen LogP contribution is -2.51. The van der Waals surface area contributed by atoms with Crippen LogP contribution in [-0.4, -0.2) is 43.6 Å². The second-order valence-electron chi connectivity index (χ2n) is 9.17. The molecule has 1 atom stereocenters. The molecule has 0 bridgehead atoms. The van der Waals surface area contributed by atoms with Crippen LogP contribution in [0.1, 0.15) is 42.6 Å². The third-order valence-corrected chi connectivity index (χ3v) is 6.41. The smallest absolute Gasteiger partial charge is 0.422 e. The number of methoxy groups -OCH3 is 1. The Morgan fingerprint density at radius 1 is 1.06 bits per heavy atom. The van der Waals surface area contributed by atoms with E-state index in [0.29, 0.717) is 18.4 Å². The van der Waals surface area contributed by atoms with Gasteiger partial charge in [0.1, 0.15) is 0 Å². The van der Waals surface area contributed by atoms with E-state index >= 15 is 0 Å². The molecule has 1 saturated carbocycles. The maximum Gasteiger partial charge on any atom is 0.422 e. The van der Waals surface area contributed by atoms with Crippen LogP contribution in [0.5, 0.6) is 0 Å². The average molecular weight is 474 g/mol. The van der Waals surface area contributed by atoms with E-state index in [9.17, 15) is 22.8 Å². The molecule has 0 N–H and O–H groups in total. The summed E-state index contributed by atoms with van der Waals surface area (Å²) in [5.74, 6) is -1.39. The van der Waals surface area contributed by atoms with Crippen LogP contribution >= 0.6 is 0 Å². The van der Waals surface area contributed by atoms with Gasteiger partial charge in [0.15, 0.2) is 6.61 Å². The first kappa shape index (κ1) is 23.8. The van der Waals surface area contributed by atoms with Gasteiger partial charge in [0.2, 0.25) is 0 Å². The molecule has 1 aliphatic heterocycles. The first-order valence-corrected chi connectivity index (χ1v) is 10.9. The third-order valence-electron chi connectivity index (χ3n) is 6.41. The number of anilines is 1. The summed E-state index contributed by atoms with van der Waals surface area (Å²) in [5, 5.41) is 6.61. The summed E-state index contributed by atoms with van der Waals surface area (Å²) in [6.07, 6.45) is -3.18. The van der Waals surface area contributed by atoms with Crippen molar-refractivity contribution in [2.75, 3.05) is 18.7 Å². The highest BCUT2D eigenvalue weighted by Crippen LogP contribution is 2.61. The standard InChI is InChI=1S/C25H25F3N2O4/c1-23(2,22(32)34-15-25(26,27)28)21-24(13-14-24)19(29-30(21)18-7-5-4-6-8-18)16-9-11-17(12-10-16)20(31)33-3/h4-12,21H,13-15H2,1-3H3. The summed E-state index contributed by atoms with van der Waals surface area (Å²) in [5.41, 5.74) is 0.777. The third kappa shape index (κ3) is 4.26. The predicted molar refractivity (Wildman–Crippen MR) is 119 cm³/mol. The van der Waals surface area contributed by atoms with E-state index in [4.69, 9.17) is 14.6 Å². The molecule has 180 valence electrons. The van der Waals surface area contributed by atoms with Crippen LogP contribution < -0.4 is 5.01 Å². The molecular formula is C25H25F3N2O4. The zero-order chi connectivity index (χ0) is 24.7. The highest BCUT2D eigenvalue weighted by atomic mass is 19.4. The summed E-state index contributed by atoms with van der Waals surface area (Å²) >= 11 is 0. The normalized spacial score (nSPS) is 19.1. The predicted octanol–water partition coefficient (Wildman–Crippen LogP) is 4.98. The number of ether oxygens (including phenoxy) is 2. The minimum Gasteiger partial charge on any atom is -0.465 e. The van der Waals surface area contributed by atoms with Crippen molar-refractivity contribution in [3.8, 4) is 0 Å². The van der Waals surface area contributed by atoms with Gasteiger partial charge in [-0.2, -0.15) is 18.3 Å². The van der Waals surface area contributed by atoms with Gasteiger partial charge in [-0.05, 0) is 56.5 Å². The molecule has 4 rings (SSSR count). The molecule has 0 radical (unpaired) electrons. The minimum absolute atomic E-state index is 0.391. The highest BCUT2D eigenvalue weighted by molar-refractivity contribution is 6.10. The van der Waals surface area contributed by atoms with Crippen LogP contribution in [0, 0.1) is 10.8 Å². The number of carbonyl (C=O) groups excluding carboxylic acids is 2. The Morgan fingerprint density at radius 2 is 1.68 bits per heavy atom. The molecule has 1 heterocycles. The van der Waals surface area contributed by atoms with Gasteiger partial charge < -0.3 is 9.47 Å². The quantitative estimate of drug-likeness (QED) is 0.553. The van der Waals surface area contributed by atoms with Crippen molar-refractivity contribution in [2.24, 2.45) is 15.9 Å². The maximum absolute atomic E-state index is 12.9. The Kier molecular flexibility index (Phi) is 5.91. The van der Waals surface area contributed by atoms with Gasteiger partial charge in [-0.25, -0.2) is 4.79 Å². The number of hydrazone groups is 1. The van der Waals surface area contributed by atoms with Crippen LogP contribution in [0.15, 0.2) is 59.7 Å². The molecule has 0 saturated heterocycles. The number of rotatable bonds is 6. The average Bonchev–Trinajstić information content (AvgIpc) is 3.51. The Morgan fingerprint density at radius 3 is 2.21 bits per heavy atom. The molecule has 2 aromatic rings. The second-order valence-corrected chi connectivity index (χ2v) is 9.17. The zero-order valence-corrected chi connectivity index (χ0v) is 19.1. The van der Waals surface area contributed by atoms with Crippen LogP contribution in [0.3, 0.4) is 0 Å². The van der Waals surface area contributed by atoms with Crippen molar-refractivity contribution in [2.45, 2.75) is 38.9 Å². The van der Waals surface area contributed by atoms with Gasteiger partial charge in [-0.15, -0.1) is 0 Å². The fourth-order valence-corrected chi connectivity index (χ4v) is 4.73. The Bertz CT molecular complexity index is 1110. The molecule has 2 aromatic carbocycles. The second kappa shape index (κ2) is 8.45. The van der Waals surface area contributed by atoms with Gasteiger partial charge in [0.05, 0.1) is 35.5 Å². The SMILES string of the molecule is COC(=O)c1ccc(C2=NN(c3ccccc3)C(C(C)(C)C(=O)OCC(F)(F)F)C23CC3)cc1. The lowest BCUT2D eigenvalue weighted by Gasteiger charge is -2.39. The van der Waals surface area contributed by atoms with E-state index in [1.807, 2.05) is 30.3 Å². The van der Waals surface area contributed by atoms with E-state index < -0.39 is 41.6 Å². The summed E-state index contributed by atoms with van der Waals surface area (Å²) in [6.45, 7) is 1.57. The van der Waals surface area contributed by atoms with Gasteiger partial charge in [-0.1, -0.05) is 30.3 Å². The highest BCUT2D eigenvalue weighted by Gasteiger charge is 2.66. The number of alkyl halides is 3. The number of para-hydroxylation sites is 1. The molecule has 9 heteroatoms. The first-order chi connectivity index (χ1) is 16.0. The Balaban J connectivity index is 1.73. The fourth-order valence-electron chi connectivity index (χ4n) is 4.73. The van der Waals surface area contributed by atoms with E-state index in [0.717, 1.165) is 17.0 Å². The first-order valence-electron chi connectivity index (χ1n) is 10.9. The molecule has 0 amide bonds. The van der Waals surface area contributed by atoms with E-state index in [2.05, 4.69) is 0 Å². The van der Waals surface area contributed by atoms with Gasteiger partial charge >= 0.3 is 18.1 Å². The fraction of sp³-hybridized carbons (Fsp3) is 0.400. The van der Waals surface area contributed by atoms with Crippen LogP contribution in [0.4, 0.5) is 18.9 Å². The van der Waals surface area contributed by atoms with Crippen molar-refractivity contribution < 1.29 is 32.2 Å². The van der Waals surface area contributed by atoms with E-state index in [1.165, 1.54) is 7.11 Å². The number of halogens is 3. The van der Waals surface area contributed by atoms with Gasteiger partial charge in [0, 0.05) is 5.41 Å². The monoisotopic (exact) mass is 474 g/mol. The Labute approximate surface area is 195 Å². The number of esters is 2. The number of hydrogen-bond acceptors (Lipinski definition) is 6. The molecule has 1 aliphatic carbocycles. The van der Waals surface area contributed by atoms with Crippen LogP contribution in [0.2, 0.25) is 0 Å².